The van der Waals surface area contributed by atoms with Gasteiger partial charge in [0, 0.05) is 10.7 Å². The number of hydrogen-bond donors (Lipinski definition) is 0. The van der Waals surface area contributed by atoms with Gasteiger partial charge in [-0.15, -0.1) is 0 Å². The van der Waals surface area contributed by atoms with Crippen LogP contribution in [-0.4, -0.2) is 17.0 Å². The van der Waals surface area contributed by atoms with E-state index in [1.807, 2.05) is 48.6 Å². The summed E-state index contributed by atoms with van der Waals surface area (Å²) in [7, 11) is 0. The molecule has 3 rings (SSSR count). The molecule has 0 aliphatic rings. The van der Waals surface area contributed by atoms with Crippen LogP contribution in [0.3, 0.4) is 0 Å². The number of pyridine rings is 1. The van der Waals surface area contributed by atoms with Crippen molar-refractivity contribution < 1.29 is 9.53 Å². The van der Waals surface area contributed by atoms with E-state index < -0.39 is 0 Å². The van der Waals surface area contributed by atoms with Crippen LogP contribution in [0.1, 0.15) is 28.5 Å². The van der Waals surface area contributed by atoms with Crippen molar-refractivity contribution in [3.05, 3.63) is 75.5 Å². The highest BCUT2D eigenvalue weighted by molar-refractivity contribution is 6.32. The highest BCUT2D eigenvalue weighted by atomic mass is 35.5. The molecule has 24 heavy (non-hydrogen) atoms. The van der Waals surface area contributed by atoms with Crippen LogP contribution in [0.25, 0.3) is 17.7 Å². The lowest BCUT2D eigenvalue weighted by molar-refractivity contribution is 0.0529. The third-order valence-electron chi connectivity index (χ3n) is 3.60. The molecule has 122 valence electrons. The summed E-state index contributed by atoms with van der Waals surface area (Å²) in [5.74, 6) is -0.366. The monoisotopic (exact) mass is 359 g/mol. The summed E-state index contributed by atoms with van der Waals surface area (Å²) in [4.78, 5) is 12.2. The van der Waals surface area contributed by atoms with Crippen LogP contribution < -0.4 is 0 Å². The number of rotatable bonds is 4. The standard InChI is InChI=1S/C19H15Cl2NO2/c1-2-24-19(23)15-12-14(22-17(15)8-5-9-18(22)21)11-10-13-6-3-4-7-16(13)20/h3-12H,2H2,1H3/b11-10+. The Labute approximate surface area is 150 Å². The third-order valence-corrected chi connectivity index (χ3v) is 4.24. The molecule has 0 aliphatic carbocycles. The number of fused-ring (bicyclic) bond motifs is 1. The van der Waals surface area contributed by atoms with Gasteiger partial charge in [-0.25, -0.2) is 4.79 Å². The van der Waals surface area contributed by atoms with E-state index in [-0.39, 0.29) is 5.97 Å². The Morgan fingerprint density at radius 2 is 1.92 bits per heavy atom. The van der Waals surface area contributed by atoms with Crippen molar-refractivity contribution in [2.75, 3.05) is 6.61 Å². The van der Waals surface area contributed by atoms with Crippen molar-refractivity contribution in [1.29, 1.82) is 0 Å². The summed E-state index contributed by atoms with van der Waals surface area (Å²) in [6, 6.07) is 14.7. The van der Waals surface area contributed by atoms with Gasteiger partial charge in [-0.3, -0.25) is 4.40 Å². The van der Waals surface area contributed by atoms with Crippen molar-refractivity contribution in [2.24, 2.45) is 0 Å². The predicted octanol–water partition coefficient (Wildman–Crippen LogP) is 5.59. The minimum atomic E-state index is -0.366. The number of halogens is 2. The van der Waals surface area contributed by atoms with Crippen molar-refractivity contribution in [3.63, 3.8) is 0 Å². The van der Waals surface area contributed by atoms with E-state index in [9.17, 15) is 4.79 Å². The molecule has 1 aromatic carbocycles. The van der Waals surface area contributed by atoms with Gasteiger partial charge >= 0.3 is 5.97 Å². The van der Waals surface area contributed by atoms with Crippen LogP contribution in [0.5, 0.6) is 0 Å². The highest BCUT2D eigenvalue weighted by Crippen LogP contribution is 2.25. The zero-order valence-corrected chi connectivity index (χ0v) is 14.5. The summed E-state index contributed by atoms with van der Waals surface area (Å²) in [6.45, 7) is 2.10. The van der Waals surface area contributed by atoms with E-state index in [1.165, 1.54) is 0 Å². The van der Waals surface area contributed by atoms with Crippen LogP contribution in [0.4, 0.5) is 0 Å². The van der Waals surface area contributed by atoms with Gasteiger partial charge in [-0.05, 0) is 42.8 Å². The average Bonchev–Trinajstić information content (AvgIpc) is 2.95. The van der Waals surface area contributed by atoms with Gasteiger partial charge in [0.1, 0.15) is 5.15 Å². The van der Waals surface area contributed by atoms with E-state index >= 15 is 0 Å². The molecule has 3 aromatic rings. The topological polar surface area (TPSA) is 30.7 Å². The summed E-state index contributed by atoms with van der Waals surface area (Å²) in [5.41, 5.74) is 2.86. The van der Waals surface area contributed by atoms with Crippen molar-refractivity contribution in [3.8, 4) is 0 Å². The maximum absolute atomic E-state index is 12.2. The average molecular weight is 360 g/mol. The zero-order chi connectivity index (χ0) is 17.1. The van der Waals surface area contributed by atoms with Crippen LogP contribution >= 0.6 is 23.2 Å². The molecule has 0 radical (unpaired) electrons. The lowest BCUT2D eigenvalue weighted by Crippen LogP contribution is -2.03. The van der Waals surface area contributed by atoms with Gasteiger partial charge in [0.05, 0.1) is 17.7 Å². The Kier molecular flexibility index (Phi) is 4.93. The summed E-state index contributed by atoms with van der Waals surface area (Å²) in [6.07, 6.45) is 3.77. The Morgan fingerprint density at radius 1 is 1.12 bits per heavy atom. The van der Waals surface area contributed by atoms with Gasteiger partial charge in [-0.1, -0.05) is 53.5 Å². The maximum atomic E-state index is 12.2. The number of esters is 1. The Hall–Kier alpha value is -2.23. The first-order valence-electron chi connectivity index (χ1n) is 7.51. The largest absolute Gasteiger partial charge is 0.462 e. The number of aromatic nitrogens is 1. The van der Waals surface area contributed by atoms with Gasteiger partial charge in [0.25, 0.3) is 0 Å². The summed E-state index contributed by atoms with van der Waals surface area (Å²) >= 11 is 12.5. The summed E-state index contributed by atoms with van der Waals surface area (Å²) < 4.78 is 6.94. The Balaban J connectivity index is 2.11. The molecule has 2 heterocycles. The fourth-order valence-corrected chi connectivity index (χ4v) is 2.98. The first kappa shape index (κ1) is 16.6. The molecule has 2 aromatic heterocycles. The molecule has 0 atom stereocenters. The van der Waals surface area contributed by atoms with Crippen LogP contribution in [-0.2, 0) is 4.74 Å². The molecule has 5 heteroatoms. The molecule has 0 N–H and O–H groups in total. The van der Waals surface area contributed by atoms with Gasteiger partial charge in [0.15, 0.2) is 0 Å². The minimum absolute atomic E-state index is 0.321. The van der Waals surface area contributed by atoms with E-state index in [0.29, 0.717) is 27.9 Å². The molecule has 0 aliphatic heterocycles. The number of hydrogen-bond acceptors (Lipinski definition) is 2. The van der Waals surface area contributed by atoms with Gasteiger partial charge in [0.2, 0.25) is 0 Å². The molecule has 0 unspecified atom stereocenters. The van der Waals surface area contributed by atoms with E-state index in [2.05, 4.69) is 0 Å². The van der Waals surface area contributed by atoms with E-state index in [0.717, 1.165) is 11.3 Å². The fraction of sp³-hybridized carbons (Fsp3) is 0.105. The predicted molar refractivity (Wildman–Crippen MR) is 98.7 cm³/mol. The Bertz CT molecular complexity index is 928. The molecule has 0 fully saturated rings. The molecule has 0 saturated heterocycles. The molecule has 3 nitrogen and oxygen atoms in total. The molecule has 0 amide bonds. The number of benzene rings is 1. The van der Waals surface area contributed by atoms with Crippen LogP contribution in [0.15, 0.2) is 48.5 Å². The lowest BCUT2D eigenvalue weighted by Gasteiger charge is -2.03. The van der Waals surface area contributed by atoms with E-state index in [1.54, 1.807) is 23.5 Å². The minimum Gasteiger partial charge on any atom is -0.462 e. The molecular formula is C19H15Cl2NO2. The highest BCUT2D eigenvalue weighted by Gasteiger charge is 2.16. The van der Waals surface area contributed by atoms with Crippen molar-refractivity contribution >= 4 is 46.8 Å². The number of ether oxygens (including phenoxy) is 1. The quantitative estimate of drug-likeness (QED) is 0.448. The second-order valence-electron chi connectivity index (χ2n) is 5.13. The van der Waals surface area contributed by atoms with Crippen LogP contribution in [0, 0.1) is 0 Å². The first-order valence-corrected chi connectivity index (χ1v) is 8.27. The van der Waals surface area contributed by atoms with Gasteiger partial charge in [-0.2, -0.15) is 0 Å². The van der Waals surface area contributed by atoms with E-state index in [4.69, 9.17) is 27.9 Å². The SMILES string of the molecule is CCOC(=O)c1cc(/C=C/c2ccccc2Cl)n2c(Cl)cccc12. The zero-order valence-electron chi connectivity index (χ0n) is 13.0. The summed E-state index contributed by atoms with van der Waals surface area (Å²) in [5, 5.41) is 1.17. The van der Waals surface area contributed by atoms with Gasteiger partial charge < -0.3 is 4.74 Å². The Morgan fingerprint density at radius 3 is 2.67 bits per heavy atom. The molecule has 0 bridgehead atoms. The number of nitrogens with zero attached hydrogens (tertiary/aromatic N) is 1. The third kappa shape index (κ3) is 3.18. The maximum Gasteiger partial charge on any atom is 0.340 e. The number of carbonyl (C=O) groups is 1. The molecule has 0 saturated carbocycles. The first-order chi connectivity index (χ1) is 11.6. The van der Waals surface area contributed by atoms with Crippen molar-refractivity contribution in [1.82, 2.24) is 4.40 Å². The fourth-order valence-electron chi connectivity index (χ4n) is 2.52. The van der Waals surface area contributed by atoms with Crippen LogP contribution in [0.2, 0.25) is 10.2 Å². The van der Waals surface area contributed by atoms with Crippen molar-refractivity contribution in [2.45, 2.75) is 6.92 Å². The molecular weight excluding hydrogens is 345 g/mol. The second kappa shape index (κ2) is 7.12. The lowest BCUT2D eigenvalue weighted by atomic mass is 10.2. The second-order valence-corrected chi connectivity index (χ2v) is 5.92. The number of carbonyl (C=O) groups excluding carboxylic acids is 1. The normalized spacial score (nSPS) is 11.3. The molecule has 0 spiro atoms. The smallest absolute Gasteiger partial charge is 0.340 e.